The van der Waals surface area contributed by atoms with Gasteiger partial charge in [-0.3, -0.25) is 0 Å². The second-order valence-electron chi connectivity index (χ2n) is 3.69. The summed E-state index contributed by atoms with van der Waals surface area (Å²) in [5.41, 5.74) is 1.47. The summed E-state index contributed by atoms with van der Waals surface area (Å²) < 4.78 is 14.5. The van der Waals surface area contributed by atoms with Gasteiger partial charge in [0.15, 0.2) is 5.82 Å². The van der Waals surface area contributed by atoms with Gasteiger partial charge in [0.2, 0.25) is 0 Å². The van der Waals surface area contributed by atoms with Crippen LogP contribution in [0.3, 0.4) is 0 Å². The Kier molecular flexibility index (Phi) is 2.57. The van der Waals surface area contributed by atoms with Gasteiger partial charge in [-0.25, -0.2) is 19.0 Å². The highest BCUT2D eigenvalue weighted by molar-refractivity contribution is 5.48. The van der Waals surface area contributed by atoms with Crippen LogP contribution in [0.2, 0.25) is 0 Å². The normalized spacial score (nSPS) is 10.5. The van der Waals surface area contributed by atoms with Crippen LogP contribution < -0.4 is 0 Å². The molecule has 0 N–H and O–H groups in total. The van der Waals surface area contributed by atoms with E-state index in [1.165, 1.54) is 12.1 Å². The van der Waals surface area contributed by atoms with Crippen molar-refractivity contribution in [2.75, 3.05) is 0 Å². The van der Waals surface area contributed by atoms with Crippen LogP contribution in [0.15, 0.2) is 55.0 Å². The molecule has 0 fully saturated rings. The number of benzene rings is 1. The zero-order valence-electron chi connectivity index (χ0n) is 9.36. The molecule has 5 heteroatoms. The Morgan fingerprint density at radius 2 is 1.67 bits per heavy atom. The molecule has 2 aromatic heterocycles. The molecule has 0 aliphatic heterocycles. The number of aromatic nitrogens is 4. The van der Waals surface area contributed by atoms with E-state index in [2.05, 4.69) is 15.1 Å². The van der Waals surface area contributed by atoms with Gasteiger partial charge in [-0.15, -0.1) is 0 Å². The predicted molar refractivity (Wildman–Crippen MR) is 64.5 cm³/mol. The Bertz CT molecular complexity index is 646. The van der Waals surface area contributed by atoms with Gasteiger partial charge < -0.3 is 0 Å². The van der Waals surface area contributed by atoms with E-state index >= 15 is 0 Å². The quantitative estimate of drug-likeness (QED) is 0.691. The summed E-state index contributed by atoms with van der Waals surface area (Å²) in [5, 5.41) is 4.35. The van der Waals surface area contributed by atoms with Crippen LogP contribution in [0.1, 0.15) is 0 Å². The lowest BCUT2D eigenvalue weighted by atomic mass is 10.3. The van der Waals surface area contributed by atoms with Gasteiger partial charge in [-0.1, -0.05) is 0 Å². The first-order valence-corrected chi connectivity index (χ1v) is 5.42. The van der Waals surface area contributed by atoms with Crippen molar-refractivity contribution in [3.63, 3.8) is 0 Å². The highest BCUT2D eigenvalue weighted by Crippen LogP contribution is 2.14. The van der Waals surface area contributed by atoms with Crippen molar-refractivity contribution in [3.05, 3.63) is 60.8 Å². The molecule has 0 radical (unpaired) electrons. The second kappa shape index (κ2) is 4.37. The van der Waals surface area contributed by atoms with E-state index in [0.29, 0.717) is 11.5 Å². The molecule has 1 aromatic carbocycles. The second-order valence-corrected chi connectivity index (χ2v) is 3.69. The van der Waals surface area contributed by atoms with Crippen molar-refractivity contribution < 1.29 is 4.39 Å². The average molecular weight is 240 g/mol. The maximum atomic E-state index is 12.8. The smallest absolute Gasteiger partial charge is 0.180 e. The molecule has 18 heavy (non-hydrogen) atoms. The summed E-state index contributed by atoms with van der Waals surface area (Å²) in [6.07, 6.45) is 5.12. The van der Waals surface area contributed by atoms with E-state index in [0.717, 1.165) is 5.69 Å². The first-order chi connectivity index (χ1) is 8.83. The lowest BCUT2D eigenvalue weighted by molar-refractivity contribution is 0.627. The van der Waals surface area contributed by atoms with Gasteiger partial charge in [0.1, 0.15) is 11.5 Å². The molecule has 0 spiro atoms. The molecular formula is C13H9FN4. The van der Waals surface area contributed by atoms with E-state index in [1.807, 2.05) is 6.07 Å². The fourth-order valence-electron chi connectivity index (χ4n) is 1.61. The lowest BCUT2D eigenvalue weighted by Crippen LogP contribution is -1.96. The number of hydrogen-bond donors (Lipinski definition) is 0. The molecule has 3 rings (SSSR count). The summed E-state index contributed by atoms with van der Waals surface area (Å²) in [6.45, 7) is 0. The first kappa shape index (κ1) is 10.6. The van der Waals surface area contributed by atoms with Gasteiger partial charge in [-0.05, 0) is 36.4 Å². The number of halogens is 1. The predicted octanol–water partition coefficient (Wildman–Crippen LogP) is 2.47. The van der Waals surface area contributed by atoms with E-state index in [1.54, 1.807) is 41.5 Å². The highest BCUT2D eigenvalue weighted by atomic mass is 19.1. The van der Waals surface area contributed by atoms with Crippen molar-refractivity contribution in [3.8, 4) is 17.2 Å². The molecule has 0 bridgehead atoms. The molecule has 4 nitrogen and oxygen atoms in total. The Hall–Kier alpha value is -2.56. The van der Waals surface area contributed by atoms with Gasteiger partial charge in [-0.2, -0.15) is 5.10 Å². The first-order valence-electron chi connectivity index (χ1n) is 5.42. The van der Waals surface area contributed by atoms with E-state index in [4.69, 9.17) is 0 Å². The van der Waals surface area contributed by atoms with Crippen LogP contribution in [-0.2, 0) is 0 Å². The molecular weight excluding hydrogens is 231 g/mol. The Balaban J connectivity index is 1.97. The standard InChI is InChI=1S/C13H9FN4/c14-10-2-4-11(5-3-10)18-9-6-12(17-18)13-15-7-1-8-16-13/h1-9H. The third-order valence-corrected chi connectivity index (χ3v) is 2.48. The van der Waals surface area contributed by atoms with Crippen LogP contribution in [0, 0.1) is 5.82 Å². The molecule has 0 unspecified atom stereocenters. The Labute approximate surface area is 103 Å². The molecule has 3 aromatic rings. The van der Waals surface area contributed by atoms with Gasteiger partial charge in [0.25, 0.3) is 0 Å². The number of hydrogen-bond acceptors (Lipinski definition) is 3. The lowest BCUT2D eigenvalue weighted by Gasteiger charge is -2.00. The molecule has 0 amide bonds. The zero-order chi connectivity index (χ0) is 12.4. The SMILES string of the molecule is Fc1ccc(-n2ccc(-c3ncccn3)n2)cc1. The third-order valence-electron chi connectivity index (χ3n) is 2.48. The number of nitrogens with zero attached hydrogens (tertiary/aromatic N) is 4. The monoisotopic (exact) mass is 240 g/mol. The minimum atomic E-state index is -0.266. The van der Waals surface area contributed by atoms with E-state index in [-0.39, 0.29) is 5.82 Å². The highest BCUT2D eigenvalue weighted by Gasteiger charge is 2.05. The van der Waals surface area contributed by atoms with Crippen LogP contribution in [-0.4, -0.2) is 19.7 Å². The Morgan fingerprint density at radius 3 is 2.39 bits per heavy atom. The van der Waals surface area contributed by atoms with Crippen molar-refractivity contribution in [1.82, 2.24) is 19.7 Å². The molecule has 0 atom stereocenters. The average Bonchev–Trinajstić information content (AvgIpc) is 2.90. The minimum absolute atomic E-state index is 0.266. The van der Waals surface area contributed by atoms with E-state index in [9.17, 15) is 4.39 Å². The summed E-state index contributed by atoms with van der Waals surface area (Å²) >= 11 is 0. The van der Waals surface area contributed by atoms with Gasteiger partial charge in [0, 0.05) is 18.6 Å². The molecule has 0 aliphatic carbocycles. The maximum absolute atomic E-state index is 12.8. The molecule has 0 aliphatic rings. The van der Waals surface area contributed by atoms with Crippen LogP contribution in [0.4, 0.5) is 4.39 Å². The Morgan fingerprint density at radius 1 is 0.944 bits per heavy atom. The maximum Gasteiger partial charge on any atom is 0.180 e. The van der Waals surface area contributed by atoms with Crippen LogP contribution >= 0.6 is 0 Å². The summed E-state index contributed by atoms with van der Waals surface area (Å²) in [7, 11) is 0. The summed E-state index contributed by atoms with van der Waals surface area (Å²) in [5.74, 6) is 0.302. The molecule has 0 saturated carbocycles. The van der Waals surface area contributed by atoms with Crippen molar-refractivity contribution in [2.24, 2.45) is 0 Å². The topological polar surface area (TPSA) is 43.6 Å². The molecule has 2 heterocycles. The summed E-state index contributed by atoms with van der Waals surface area (Å²) in [4.78, 5) is 8.25. The van der Waals surface area contributed by atoms with Gasteiger partial charge in [0.05, 0.1) is 5.69 Å². The zero-order valence-corrected chi connectivity index (χ0v) is 9.36. The largest absolute Gasteiger partial charge is 0.240 e. The van der Waals surface area contributed by atoms with Crippen LogP contribution in [0.25, 0.3) is 17.2 Å². The summed E-state index contributed by atoms with van der Waals surface area (Å²) in [6, 6.07) is 9.69. The third kappa shape index (κ3) is 1.98. The van der Waals surface area contributed by atoms with Crippen molar-refractivity contribution in [2.45, 2.75) is 0 Å². The van der Waals surface area contributed by atoms with E-state index < -0.39 is 0 Å². The molecule has 0 saturated heterocycles. The fourth-order valence-corrected chi connectivity index (χ4v) is 1.61. The van der Waals surface area contributed by atoms with Crippen molar-refractivity contribution >= 4 is 0 Å². The van der Waals surface area contributed by atoms with Crippen LogP contribution in [0.5, 0.6) is 0 Å². The fraction of sp³-hybridized carbons (Fsp3) is 0. The molecule has 88 valence electrons. The van der Waals surface area contributed by atoms with Gasteiger partial charge >= 0.3 is 0 Å². The minimum Gasteiger partial charge on any atom is -0.240 e. The van der Waals surface area contributed by atoms with Crippen molar-refractivity contribution in [1.29, 1.82) is 0 Å². The number of rotatable bonds is 2.